The van der Waals surface area contributed by atoms with Gasteiger partial charge in [0, 0.05) is 0 Å². The lowest BCUT2D eigenvalue weighted by atomic mass is 10.0. The van der Waals surface area contributed by atoms with Crippen LogP contribution in [0.25, 0.3) is 10.2 Å². The number of nitrogens with one attached hydrogen (secondary N) is 1. The van der Waals surface area contributed by atoms with Crippen molar-refractivity contribution >= 4 is 39.0 Å². The molecule has 3 rings (SSSR count). The fourth-order valence-electron chi connectivity index (χ4n) is 2.34. The molecule has 8 heteroatoms. The van der Waals surface area contributed by atoms with E-state index in [1.54, 1.807) is 19.1 Å². The summed E-state index contributed by atoms with van der Waals surface area (Å²) in [6.07, 6.45) is -3.05. The van der Waals surface area contributed by atoms with Crippen LogP contribution in [-0.4, -0.2) is 9.97 Å². The molecule has 0 aliphatic carbocycles. The van der Waals surface area contributed by atoms with Crippen molar-refractivity contribution in [2.24, 2.45) is 0 Å². The Kier molecular flexibility index (Phi) is 4.16. The van der Waals surface area contributed by atoms with Gasteiger partial charge in [0.05, 0.1) is 26.2 Å². The Labute approximate surface area is 139 Å². The summed E-state index contributed by atoms with van der Waals surface area (Å²) in [7, 11) is 0. The molecule has 2 heterocycles. The maximum Gasteiger partial charge on any atom is 0.416 e. The van der Waals surface area contributed by atoms with Gasteiger partial charge in [0.15, 0.2) is 0 Å². The number of nitrogens with zero attached hydrogens (tertiary/aromatic N) is 2. The zero-order valence-corrected chi connectivity index (χ0v) is 13.4. The number of aromatic nitrogens is 2. The molecular weight excluding hydrogens is 347 g/mol. The summed E-state index contributed by atoms with van der Waals surface area (Å²) in [5.41, 5.74) is 0.165. The Morgan fingerprint density at radius 2 is 1.96 bits per heavy atom. The van der Waals surface area contributed by atoms with Crippen molar-refractivity contribution in [2.45, 2.75) is 19.1 Å². The molecule has 120 valence electrons. The molecule has 0 bridgehead atoms. The van der Waals surface area contributed by atoms with Crippen LogP contribution in [0.3, 0.4) is 0 Å². The number of alkyl halides is 3. The van der Waals surface area contributed by atoms with Crippen LogP contribution in [0, 0.1) is 0 Å². The average molecular weight is 358 g/mol. The van der Waals surface area contributed by atoms with E-state index in [4.69, 9.17) is 11.6 Å². The molecule has 3 nitrogen and oxygen atoms in total. The lowest BCUT2D eigenvalue weighted by molar-refractivity contribution is -0.138. The molecule has 0 aliphatic rings. The molecule has 2 aromatic heterocycles. The largest absolute Gasteiger partial charge is 0.416 e. The van der Waals surface area contributed by atoms with E-state index < -0.39 is 17.8 Å². The van der Waals surface area contributed by atoms with Gasteiger partial charge in [0.1, 0.15) is 12.1 Å². The first-order valence-electron chi connectivity index (χ1n) is 6.69. The molecule has 1 aromatic carbocycles. The third kappa shape index (κ3) is 3.25. The van der Waals surface area contributed by atoms with Crippen molar-refractivity contribution in [3.05, 3.63) is 52.1 Å². The fraction of sp³-hybridized carbons (Fsp3) is 0.200. The molecular formula is C15H11ClF3N3S. The standard InChI is InChI=1S/C15H11ClF3N3S/c1-8(9-4-2-3-5-10(9)15(17,18)19)22-14-13-11(20-7-21-14)6-12(16)23-13/h2-8H,1H3,(H,20,21,22). The predicted molar refractivity (Wildman–Crippen MR) is 85.9 cm³/mol. The highest BCUT2D eigenvalue weighted by Gasteiger charge is 2.34. The number of anilines is 1. The highest BCUT2D eigenvalue weighted by atomic mass is 35.5. The van der Waals surface area contributed by atoms with Crippen LogP contribution >= 0.6 is 22.9 Å². The topological polar surface area (TPSA) is 37.8 Å². The first-order valence-corrected chi connectivity index (χ1v) is 7.88. The van der Waals surface area contributed by atoms with Crippen LogP contribution < -0.4 is 5.32 Å². The smallest absolute Gasteiger partial charge is 0.362 e. The lowest BCUT2D eigenvalue weighted by Crippen LogP contribution is -2.15. The second-order valence-corrected chi connectivity index (χ2v) is 6.62. The van der Waals surface area contributed by atoms with Crippen LogP contribution in [0.2, 0.25) is 4.34 Å². The number of rotatable bonds is 3. The van der Waals surface area contributed by atoms with Gasteiger partial charge in [0.2, 0.25) is 0 Å². The Bertz CT molecular complexity index is 847. The van der Waals surface area contributed by atoms with E-state index in [2.05, 4.69) is 15.3 Å². The Hall–Kier alpha value is -1.86. The van der Waals surface area contributed by atoms with Gasteiger partial charge in [0.25, 0.3) is 0 Å². The summed E-state index contributed by atoms with van der Waals surface area (Å²) >= 11 is 7.25. The van der Waals surface area contributed by atoms with Gasteiger partial charge < -0.3 is 5.32 Å². The van der Waals surface area contributed by atoms with E-state index in [1.807, 2.05) is 0 Å². The van der Waals surface area contributed by atoms with E-state index >= 15 is 0 Å². The van der Waals surface area contributed by atoms with Crippen molar-refractivity contribution in [3.8, 4) is 0 Å². The molecule has 0 saturated carbocycles. The van der Waals surface area contributed by atoms with E-state index in [0.717, 1.165) is 6.07 Å². The molecule has 1 unspecified atom stereocenters. The number of benzene rings is 1. The van der Waals surface area contributed by atoms with Crippen molar-refractivity contribution in [1.82, 2.24) is 9.97 Å². The highest BCUT2D eigenvalue weighted by molar-refractivity contribution is 7.23. The summed E-state index contributed by atoms with van der Waals surface area (Å²) < 4.78 is 40.7. The normalized spacial score (nSPS) is 13.3. The summed E-state index contributed by atoms with van der Waals surface area (Å²) in [5, 5.41) is 3.03. The number of thiophene rings is 1. The molecule has 0 aliphatic heterocycles. The van der Waals surface area contributed by atoms with Crippen LogP contribution in [0.1, 0.15) is 24.1 Å². The van der Waals surface area contributed by atoms with Crippen molar-refractivity contribution in [3.63, 3.8) is 0 Å². The van der Waals surface area contributed by atoms with Gasteiger partial charge in [-0.15, -0.1) is 11.3 Å². The number of fused-ring (bicyclic) bond motifs is 1. The Morgan fingerprint density at radius 1 is 1.22 bits per heavy atom. The molecule has 23 heavy (non-hydrogen) atoms. The van der Waals surface area contributed by atoms with Crippen molar-refractivity contribution in [2.75, 3.05) is 5.32 Å². The molecule has 1 atom stereocenters. The first-order chi connectivity index (χ1) is 10.9. The highest BCUT2D eigenvalue weighted by Crippen LogP contribution is 2.37. The van der Waals surface area contributed by atoms with Gasteiger partial charge in [-0.2, -0.15) is 13.2 Å². The third-order valence-electron chi connectivity index (χ3n) is 3.37. The molecule has 3 aromatic rings. The fourth-order valence-corrected chi connectivity index (χ4v) is 3.47. The van der Waals surface area contributed by atoms with Crippen LogP contribution in [-0.2, 0) is 6.18 Å². The lowest BCUT2D eigenvalue weighted by Gasteiger charge is -2.20. The van der Waals surface area contributed by atoms with Crippen molar-refractivity contribution < 1.29 is 13.2 Å². The summed E-state index contributed by atoms with van der Waals surface area (Å²) in [6.45, 7) is 1.66. The van der Waals surface area contributed by atoms with Crippen molar-refractivity contribution in [1.29, 1.82) is 0 Å². The van der Waals surface area contributed by atoms with Crippen LogP contribution in [0.4, 0.5) is 19.0 Å². The molecule has 0 saturated heterocycles. The Morgan fingerprint density at radius 3 is 2.70 bits per heavy atom. The minimum atomic E-state index is -4.40. The van der Waals surface area contributed by atoms with Crippen LogP contribution in [0.15, 0.2) is 36.7 Å². The Balaban J connectivity index is 1.97. The second-order valence-electron chi connectivity index (χ2n) is 4.94. The quantitative estimate of drug-likeness (QED) is 0.669. The van der Waals surface area contributed by atoms with Gasteiger partial charge in [-0.1, -0.05) is 29.8 Å². The van der Waals surface area contributed by atoms with Gasteiger partial charge >= 0.3 is 6.18 Å². The van der Waals surface area contributed by atoms with Gasteiger partial charge in [-0.25, -0.2) is 9.97 Å². The minimum absolute atomic E-state index is 0.161. The van der Waals surface area contributed by atoms with E-state index in [9.17, 15) is 13.2 Å². The number of halogens is 4. The SMILES string of the molecule is CC(Nc1ncnc2cc(Cl)sc12)c1ccccc1C(F)(F)F. The first kappa shape index (κ1) is 16.0. The van der Waals surface area contributed by atoms with Gasteiger partial charge in [-0.05, 0) is 24.6 Å². The third-order valence-corrected chi connectivity index (χ3v) is 4.63. The summed E-state index contributed by atoms with van der Waals surface area (Å²) in [5.74, 6) is 0.469. The van der Waals surface area contributed by atoms with Gasteiger partial charge in [-0.3, -0.25) is 0 Å². The predicted octanol–water partition coefficient (Wildman–Crippen LogP) is 5.54. The zero-order valence-electron chi connectivity index (χ0n) is 11.9. The van der Waals surface area contributed by atoms with Crippen LogP contribution in [0.5, 0.6) is 0 Å². The molecule has 0 spiro atoms. The van der Waals surface area contributed by atoms with E-state index in [-0.39, 0.29) is 5.56 Å². The monoisotopic (exact) mass is 357 g/mol. The maximum atomic E-state index is 13.1. The zero-order chi connectivity index (χ0) is 16.6. The van der Waals surface area contributed by atoms with E-state index in [0.29, 0.717) is 20.4 Å². The average Bonchev–Trinajstić information content (AvgIpc) is 2.88. The summed E-state index contributed by atoms with van der Waals surface area (Å²) in [6, 6.07) is 6.61. The molecule has 0 fully saturated rings. The number of hydrogen-bond acceptors (Lipinski definition) is 4. The van der Waals surface area contributed by atoms with E-state index in [1.165, 1.54) is 29.8 Å². The maximum absolute atomic E-state index is 13.1. The second kappa shape index (κ2) is 5.98. The molecule has 0 radical (unpaired) electrons. The minimum Gasteiger partial charge on any atom is -0.362 e. The summed E-state index contributed by atoms with van der Waals surface area (Å²) in [4.78, 5) is 8.22. The molecule has 0 amide bonds. The molecule has 1 N–H and O–H groups in total. The number of hydrogen-bond donors (Lipinski definition) is 1.